The summed E-state index contributed by atoms with van der Waals surface area (Å²) in [5.74, 6) is 1.41. The minimum atomic E-state index is -4.49. The van der Waals surface area contributed by atoms with Crippen molar-refractivity contribution in [2.45, 2.75) is 13.1 Å². The molecule has 55 heavy (non-hydrogen) atoms. The van der Waals surface area contributed by atoms with E-state index in [4.69, 9.17) is 19.4 Å². The third-order valence-corrected chi connectivity index (χ3v) is 10.1. The molecular weight excluding hydrogens is 694 g/mol. The first kappa shape index (κ1) is 32.6. The van der Waals surface area contributed by atoms with Crippen LogP contribution in [-0.2, 0) is 6.18 Å². The maximum Gasteiger partial charge on any atom is 0.416 e. The molecule has 0 aliphatic carbocycles. The molecule has 0 aliphatic heterocycles. The number of halogens is 3. The molecule has 0 aliphatic rings. The van der Waals surface area contributed by atoms with Crippen molar-refractivity contribution in [1.29, 1.82) is 0 Å². The summed E-state index contributed by atoms with van der Waals surface area (Å²) in [4.78, 5) is 15.1. The summed E-state index contributed by atoms with van der Waals surface area (Å²) in [5.41, 5.74) is 8.06. The lowest BCUT2D eigenvalue weighted by Crippen LogP contribution is -2.05. The zero-order valence-corrected chi connectivity index (χ0v) is 29.3. The molecule has 0 N–H and O–H groups in total. The molecule has 0 radical (unpaired) electrons. The lowest BCUT2D eigenvalue weighted by Gasteiger charge is -2.16. The highest BCUT2D eigenvalue weighted by atomic mass is 19.4. The van der Waals surface area contributed by atoms with Crippen LogP contribution >= 0.6 is 0 Å². The van der Waals surface area contributed by atoms with E-state index in [0.717, 1.165) is 66.7 Å². The fourth-order valence-corrected chi connectivity index (χ4v) is 7.50. The van der Waals surface area contributed by atoms with Crippen molar-refractivity contribution in [3.05, 3.63) is 169 Å². The summed E-state index contributed by atoms with van der Waals surface area (Å²) < 4.78 is 50.6. The largest absolute Gasteiger partial charge is 0.456 e. The SMILES string of the molecule is Cc1ccc2c(c1)c1cc(C(F)(F)F)ccc1n2-c1ccc(-c2ccc3c(c2)oc2ccccc23)cc1-c1nc(-c2ccccc2)nc(-c2ccccc2)n1. The van der Waals surface area contributed by atoms with Crippen LogP contribution in [0.25, 0.3) is 94.7 Å². The van der Waals surface area contributed by atoms with Gasteiger partial charge in [0.25, 0.3) is 0 Å². The Kier molecular flexibility index (Phi) is 7.42. The predicted molar refractivity (Wildman–Crippen MR) is 213 cm³/mol. The highest BCUT2D eigenvalue weighted by Crippen LogP contribution is 2.41. The third kappa shape index (κ3) is 5.61. The first-order chi connectivity index (χ1) is 26.8. The Morgan fingerprint density at radius 3 is 1.76 bits per heavy atom. The molecule has 8 heteroatoms. The summed E-state index contributed by atoms with van der Waals surface area (Å²) >= 11 is 0. The number of furan rings is 1. The molecule has 10 aromatic rings. The quantitative estimate of drug-likeness (QED) is 0.177. The Morgan fingerprint density at radius 1 is 0.473 bits per heavy atom. The maximum atomic E-state index is 14.1. The van der Waals surface area contributed by atoms with E-state index in [1.807, 2.05) is 139 Å². The molecule has 0 unspecified atom stereocenters. The zero-order valence-electron chi connectivity index (χ0n) is 29.3. The van der Waals surface area contributed by atoms with Crippen LogP contribution in [0.5, 0.6) is 0 Å². The number of nitrogens with zero attached hydrogens (tertiary/aromatic N) is 4. The summed E-state index contributed by atoms with van der Waals surface area (Å²) in [7, 11) is 0. The van der Waals surface area contributed by atoms with Crippen LogP contribution < -0.4 is 0 Å². The molecule has 10 rings (SSSR count). The van der Waals surface area contributed by atoms with Gasteiger partial charge in [-0.15, -0.1) is 0 Å². The average molecular weight is 723 g/mol. The van der Waals surface area contributed by atoms with Gasteiger partial charge in [-0.3, -0.25) is 0 Å². The number of benzene rings is 7. The summed E-state index contributed by atoms with van der Waals surface area (Å²) in [6.07, 6.45) is -4.49. The van der Waals surface area contributed by atoms with Gasteiger partial charge in [0, 0.05) is 38.2 Å². The number of alkyl halides is 3. The Morgan fingerprint density at radius 2 is 1.05 bits per heavy atom. The number of aryl methyl sites for hydroxylation is 1. The van der Waals surface area contributed by atoms with E-state index in [1.54, 1.807) is 6.07 Å². The van der Waals surface area contributed by atoms with Gasteiger partial charge in [0.15, 0.2) is 17.5 Å². The van der Waals surface area contributed by atoms with Crippen molar-refractivity contribution in [2.24, 2.45) is 0 Å². The minimum Gasteiger partial charge on any atom is -0.456 e. The highest BCUT2D eigenvalue weighted by Gasteiger charge is 2.31. The van der Waals surface area contributed by atoms with E-state index >= 15 is 0 Å². The second-order valence-corrected chi connectivity index (χ2v) is 13.7. The Balaban J connectivity index is 1.27. The molecule has 5 nitrogen and oxygen atoms in total. The normalized spacial score (nSPS) is 12.0. The fraction of sp³-hybridized carbons (Fsp3) is 0.0426. The Labute approximate surface area is 313 Å². The van der Waals surface area contributed by atoms with Gasteiger partial charge in [-0.1, -0.05) is 103 Å². The molecule has 0 saturated carbocycles. The number of fused-ring (bicyclic) bond motifs is 6. The van der Waals surface area contributed by atoms with Gasteiger partial charge in [-0.2, -0.15) is 13.2 Å². The number of rotatable bonds is 5. The second kappa shape index (κ2) is 12.5. The van der Waals surface area contributed by atoms with Crippen molar-refractivity contribution in [1.82, 2.24) is 19.5 Å². The molecule has 0 amide bonds. The Hall–Kier alpha value is -7.06. The van der Waals surface area contributed by atoms with Crippen molar-refractivity contribution >= 4 is 43.7 Å². The van der Waals surface area contributed by atoms with Crippen LogP contribution in [0.2, 0.25) is 0 Å². The first-order valence-corrected chi connectivity index (χ1v) is 17.8. The van der Waals surface area contributed by atoms with Gasteiger partial charge in [0.05, 0.1) is 22.3 Å². The molecular formula is C47H29F3N4O. The third-order valence-electron chi connectivity index (χ3n) is 10.1. The smallest absolute Gasteiger partial charge is 0.416 e. The lowest BCUT2D eigenvalue weighted by atomic mass is 9.99. The molecule has 0 saturated heterocycles. The number of para-hydroxylation sites is 1. The molecule has 0 atom stereocenters. The first-order valence-electron chi connectivity index (χ1n) is 17.8. The van der Waals surface area contributed by atoms with Crippen molar-refractivity contribution < 1.29 is 17.6 Å². The molecule has 0 fully saturated rings. The number of hydrogen-bond donors (Lipinski definition) is 0. The second-order valence-electron chi connectivity index (χ2n) is 13.7. The van der Waals surface area contributed by atoms with E-state index < -0.39 is 11.7 Å². The van der Waals surface area contributed by atoms with Crippen molar-refractivity contribution in [2.75, 3.05) is 0 Å². The molecule has 3 heterocycles. The predicted octanol–water partition coefficient (Wildman–Crippen LogP) is 12.9. The average Bonchev–Trinajstić information content (AvgIpc) is 3.75. The van der Waals surface area contributed by atoms with Gasteiger partial charge in [-0.25, -0.2) is 15.0 Å². The summed E-state index contributed by atoms with van der Waals surface area (Å²) in [6, 6.07) is 49.5. The minimum absolute atomic E-state index is 0.420. The molecule has 0 spiro atoms. The fourth-order valence-electron chi connectivity index (χ4n) is 7.50. The van der Waals surface area contributed by atoms with Crippen LogP contribution in [0.3, 0.4) is 0 Å². The lowest BCUT2D eigenvalue weighted by molar-refractivity contribution is -0.137. The number of aromatic nitrogens is 4. The summed E-state index contributed by atoms with van der Waals surface area (Å²) in [5, 5.41) is 3.29. The van der Waals surface area contributed by atoms with E-state index in [9.17, 15) is 13.2 Å². The molecule has 264 valence electrons. The van der Waals surface area contributed by atoms with Gasteiger partial charge < -0.3 is 8.98 Å². The van der Waals surface area contributed by atoms with Gasteiger partial charge in [-0.05, 0) is 78.7 Å². The molecule has 0 bridgehead atoms. The van der Waals surface area contributed by atoms with Crippen LogP contribution in [0.1, 0.15) is 11.1 Å². The highest BCUT2D eigenvalue weighted by molar-refractivity contribution is 6.10. The van der Waals surface area contributed by atoms with Crippen LogP contribution in [0.15, 0.2) is 162 Å². The molecule has 3 aromatic heterocycles. The molecule has 7 aromatic carbocycles. The van der Waals surface area contributed by atoms with Crippen molar-refractivity contribution in [3.63, 3.8) is 0 Å². The van der Waals surface area contributed by atoms with Crippen molar-refractivity contribution in [3.8, 4) is 51.0 Å². The van der Waals surface area contributed by atoms with E-state index in [0.29, 0.717) is 39.6 Å². The number of hydrogen-bond acceptors (Lipinski definition) is 4. The Bertz CT molecular complexity index is 3040. The van der Waals surface area contributed by atoms with Gasteiger partial charge in [0.2, 0.25) is 0 Å². The van der Waals surface area contributed by atoms with E-state index in [2.05, 4.69) is 12.1 Å². The van der Waals surface area contributed by atoms with Gasteiger partial charge >= 0.3 is 6.18 Å². The zero-order chi connectivity index (χ0) is 37.3. The topological polar surface area (TPSA) is 56.7 Å². The van der Waals surface area contributed by atoms with Gasteiger partial charge in [0.1, 0.15) is 11.2 Å². The van der Waals surface area contributed by atoms with Crippen LogP contribution in [0.4, 0.5) is 13.2 Å². The van der Waals surface area contributed by atoms with Crippen LogP contribution in [-0.4, -0.2) is 19.5 Å². The summed E-state index contributed by atoms with van der Waals surface area (Å²) in [6.45, 7) is 1.94. The monoisotopic (exact) mass is 722 g/mol. The van der Waals surface area contributed by atoms with E-state index in [1.165, 1.54) is 6.07 Å². The van der Waals surface area contributed by atoms with E-state index in [-0.39, 0.29) is 0 Å². The standard InChI is InChI=1S/C47H29F3N4O/c1-28-16-21-39-36(24-28)37-27-33(47(48,49)50)19-23-40(37)54(39)41-22-18-31(32-17-20-35-34-14-8-9-15-42(34)55-43(35)26-32)25-38(41)46-52-44(29-10-4-2-5-11-29)51-45(53-46)30-12-6-3-7-13-30/h2-27H,1H3. The maximum absolute atomic E-state index is 14.1. The van der Waals surface area contributed by atoms with Crippen LogP contribution in [0, 0.1) is 6.92 Å².